The molecular weight excluding hydrogens is 262 g/mol. The van der Waals surface area contributed by atoms with Gasteiger partial charge in [-0.25, -0.2) is 0 Å². The summed E-state index contributed by atoms with van der Waals surface area (Å²) in [7, 11) is 0. The van der Waals surface area contributed by atoms with E-state index in [2.05, 4.69) is 6.07 Å². The van der Waals surface area contributed by atoms with E-state index in [1.165, 1.54) is 5.56 Å². The molecule has 1 unspecified atom stereocenters. The van der Waals surface area contributed by atoms with Crippen LogP contribution in [0.1, 0.15) is 11.1 Å². The molecule has 21 heavy (non-hydrogen) atoms. The fraction of sp³-hybridized carbons (Fsp3) is 0.278. The third kappa shape index (κ3) is 2.09. The standard InChI is InChI=1S/C18H17NO2/c20-18(19-10-9-13-5-1-3-7-16(13)19)15-11-14-6-2-4-8-17(14)21-12-15/h1-8,15H,9-12H2. The van der Waals surface area contributed by atoms with Gasteiger partial charge in [0.25, 0.3) is 0 Å². The number of ether oxygens (including phenoxy) is 1. The number of anilines is 1. The predicted octanol–water partition coefficient (Wildman–Crippen LogP) is 2.83. The molecule has 0 aliphatic carbocycles. The Kier molecular flexibility index (Phi) is 2.92. The van der Waals surface area contributed by atoms with Gasteiger partial charge >= 0.3 is 0 Å². The maximum atomic E-state index is 12.8. The first-order chi connectivity index (χ1) is 10.3. The molecule has 0 spiro atoms. The normalized spacial score (nSPS) is 19.6. The number of carbonyl (C=O) groups excluding carboxylic acids is 1. The van der Waals surface area contributed by atoms with Crippen LogP contribution in [0.25, 0.3) is 0 Å². The lowest BCUT2D eigenvalue weighted by molar-refractivity contribution is -0.123. The van der Waals surface area contributed by atoms with E-state index < -0.39 is 0 Å². The summed E-state index contributed by atoms with van der Waals surface area (Å²) in [5.41, 5.74) is 3.47. The summed E-state index contributed by atoms with van der Waals surface area (Å²) in [6.07, 6.45) is 1.72. The number of para-hydroxylation sites is 2. The molecule has 1 amide bonds. The van der Waals surface area contributed by atoms with E-state index in [1.807, 2.05) is 47.4 Å². The fourth-order valence-corrected chi connectivity index (χ4v) is 3.27. The minimum Gasteiger partial charge on any atom is -0.492 e. The average molecular weight is 279 g/mol. The third-order valence-electron chi connectivity index (χ3n) is 4.38. The van der Waals surface area contributed by atoms with Gasteiger partial charge < -0.3 is 9.64 Å². The molecule has 106 valence electrons. The van der Waals surface area contributed by atoms with Crippen LogP contribution in [0.15, 0.2) is 48.5 Å². The van der Waals surface area contributed by atoms with Crippen LogP contribution in [0, 0.1) is 5.92 Å². The second kappa shape index (κ2) is 4.92. The molecule has 2 aromatic carbocycles. The molecule has 0 N–H and O–H groups in total. The zero-order valence-electron chi connectivity index (χ0n) is 11.8. The quantitative estimate of drug-likeness (QED) is 0.803. The molecule has 2 aliphatic rings. The maximum absolute atomic E-state index is 12.8. The molecule has 3 nitrogen and oxygen atoms in total. The van der Waals surface area contributed by atoms with Gasteiger partial charge in [0.2, 0.25) is 5.91 Å². The van der Waals surface area contributed by atoms with Crippen molar-refractivity contribution in [3.63, 3.8) is 0 Å². The Bertz CT molecular complexity index is 695. The van der Waals surface area contributed by atoms with Crippen molar-refractivity contribution < 1.29 is 9.53 Å². The second-order valence-electron chi connectivity index (χ2n) is 5.69. The Balaban J connectivity index is 1.57. The van der Waals surface area contributed by atoms with Crippen LogP contribution in [-0.2, 0) is 17.6 Å². The number of benzene rings is 2. The van der Waals surface area contributed by atoms with Crippen LogP contribution in [-0.4, -0.2) is 19.1 Å². The molecule has 3 heteroatoms. The fourth-order valence-electron chi connectivity index (χ4n) is 3.27. The summed E-state index contributed by atoms with van der Waals surface area (Å²) in [5.74, 6) is 1.03. The summed E-state index contributed by atoms with van der Waals surface area (Å²) < 4.78 is 5.76. The molecule has 0 fully saturated rings. The maximum Gasteiger partial charge on any atom is 0.233 e. The average Bonchev–Trinajstić information content (AvgIpc) is 2.98. The highest BCUT2D eigenvalue weighted by Gasteiger charge is 2.32. The van der Waals surface area contributed by atoms with E-state index in [0.29, 0.717) is 6.61 Å². The number of fused-ring (bicyclic) bond motifs is 2. The Morgan fingerprint density at radius 1 is 1.05 bits per heavy atom. The molecule has 2 heterocycles. The molecule has 0 saturated carbocycles. The minimum absolute atomic E-state index is 0.0777. The molecule has 4 rings (SSSR count). The van der Waals surface area contributed by atoms with E-state index in [9.17, 15) is 4.79 Å². The zero-order chi connectivity index (χ0) is 14.2. The second-order valence-corrected chi connectivity index (χ2v) is 5.69. The Labute approximate surface area is 124 Å². The van der Waals surface area contributed by atoms with Crippen LogP contribution in [0.3, 0.4) is 0 Å². The third-order valence-corrected chi connectivity index (χ3v) is 4.38. The van der Waals surface area contributed by atoms with E-state index in [0.717, 1.165) is 36.4 Å². The van der Waals surface area contributed by atoms with Crippen molar-refractivity contribution in [1.29, 1.82) is 0 Å². The molecule has 2 aliphatic heterocycles. The smallest absolute Gasteiger partial charge is 0.233 e. The van der Waals surface area contributed by atoms with Crippen LogP contribution in [0.4, 0.5) is 5.69 Å². The lowest BCUT2D eigenvalue weighted by atomic mass is 9.95. The van der Waals surface area contributed by atoms with Crippen LogP contribution >= 0.6 is 0 Å². The lowest BCUT2D eigenvalue weighted by Gasteiger charge is -2.28. The zero-order valence-corrected chi connectivity index (χ0v) is 11.8. The highest BCUT2D eigenvalue weighted by molar-refractivity contribution is 5.97. The molecular formula is C18H17NO2. The van der Waals surface area contributed by atoms with E-state index >= 15 is 0 Å². The Hall–Kier alpha value is -2.29. The minimum atomic E-state index is -0.0777. The molecule has 0 bridgehead atoms. The molecule has 1 atom stereocenters. The Morgan fingerprint density at radius 3 is 2.71 bits per heavy atom. The first kappa shape index (κ1) is 12.5. The van der Waals surface area contributed by atoms with Gasteiger partial charge in [0, 0.05) is 12.2 Å². The van der Waals surface area contributed by atoms with Crippen LogP contribution in [0.5, 0.6) is 5.75 Å². The van der Waals surface area contributed by atoms with Crippen molar-refractivity contribution in [3.8, 4) is 5.75 Å². The number of nitrogens with zero attached hydrogens (tertiary/aromatic N) is 1. The summed E-state index contributed by atoms with van der Waals surface area (Å²) in [6.45, 7) is 1.27. The molecule has 0 saturated heterocycles. The van der Waals surface area contributed by atoms with E-state index in [4.69, 9.17) is 4.74 Å². The van der Waals surface area contributed by atoms with Crippen molar-refractivity contribution in [3.05, 3.63) is 59.7 Å². The predicted molar refractivity (Wildman–Crippen MR) is 81.6 cm³/mol. The first-order valence-electron chi connectivity index (χ1n) is 7.43. The lowest BCUT2D eigenvalue weighted by Crippen LogP contribution is -2.40. The monoisotopic (exact) mass is 279 g/mol. The van der Waals surface area contributed by atoms with E-state index in [-0.39, 0.29) is 11.8 Å². The van der Waals surface area contributed by atoms with Crippen molar-refractivity contribution >= 4 is 11.6 Å². The van der Waals surface area contributed by atoms with Gasteiger partial charge in [-0.15, -0.1) is 0 Å². The SMILES string of the molecule is O=C(C1COc2ccccc2C1)N1CCc2ccccc21. The summed E-state index contributed by atoms with van der Waals surface area (Å²) >= 11 is 0. The van der Waals surface area contributed by atoms with Gasteiger partial charge in [-0.2, -0.15) is 0 Å². The largest absolute Gasteiger partial charge is 0.492 e. The first-order valence-corrected chi connectivity index (χ1v) is 7.43. The van der Waals surface area contributed by atoms with E-state index in [1.54, 1.807) is 0 Å². The van der Waals surface area contributed by atoms with Crippen molar-refractivity contribution in [2.45, 2.75) is 12.8 Å². The molecule has 2 aromatic rings. The van der Waals surface area contributed by atoms with Crippen molar-refractivity contribution in [2.24, 2.45) is 5.92 Å². The van der Waals surface area contributed by atoms with Crippen LogP contribution in [0.2, 0.25) is 0 Å². The van der Waals surface area contributed by atoms with Gasteiger partial charge in [-0.1, -0.05) is 36.4 Å². The number of carbonyl (C=O) groups is 1. The molecule has 0 radical (unpaired) electrons. The number of hydrogen-bond acceptors (Lipinski definition) is 2. The summed E-state index contributed by atoms with van der Waals surface area (Å²) in [5, 5.41) is 0. The number of hydrogen-bond donors (Lipinski definition) is 0. The summed E-state index contributed by atoms with van der Waals surface area (Å²) in [4.78, 5) is 14.7. The topological polar surface area (TPSA) is 29.5 Å². The van der Waals surface area contributed by atoms with Crippen LogP contribution < -0.4 is 9.64 Å². The highest BCUT2D eigenvalue weighted by Crippen LogP contribution is 2.32. The highest BCUT2D eigenvalue weighted by atomic mass is 16.5. The Morgan fingerprint density at radius 2 is 1.81 bits per heavy atom. The number of rotatable bonds is 1. The van der Waals surface area contributed by atoms with Gasteiger partial charge in [-0.3, -0.25) is 4.79 Å². The van der Waals surface area contributed by atoms with Gasteiger partial charge in [0.1, 0.15) is 12.4 Å². The number of amides is 1. The molecule has 0 aromatic heterocycles. The van der Waals surface area contributed by atoms with Gasteiger partial charge in [0.15, 0.2) is 0 Å². The van der Waals surface area contributed by atoms with Crippen molar-refractivity contribution in [1.82, 2.24) is 0 Å². The summed E-state index contributed by atoms with van der Waals surface area (Å²) in [6, 6.07) is 16.2. The van der Waals surface area contributed by atoms with Crippen molar-refractivity contribution in [2.75, 3.05) is 18.1 Å². The van der Waals surface area contributed by atoms with Gasteiger partial charge in [-0.05, 0) is 36.1 Å². The van der Waals surface area contributed by atoms with Gasteiger partial charge in [0.05, 0.1) is 5.92 Å².